The van der Waals surface area contributed by atoms with Crippen LogP contribution in [0.5, 0.6) is 0 Å². The van der Waals surface area contributed by atoms with Gasteiger partial charge >= 0.3 is 5.97 Å². The van der Waals surface area contributed by atoms with Crippen LogP contribution in [0.2, 0.25) is 0 Å². The molecule has 20 heavy (non-hydrogen) atoms. The first kappa shape index (κ1) is 16.7. The van der Waals surface area contributed by atoms with Crippen LogP contribution in [0.25, 0.3) is 0 Å². The average molecular weight is 278 g/mol. The van der Waals surface area contributed by atoms with Crippen molar-refractivity contribution in [2.45, 2.75) is 33.7 Å². The van der Waals surface area contributed by atoms with Crippen molar-refractivity contribution in [2.75, 3.05) is 26.2 Å². The number of nitrogens with one attached hydrogen (secondary N) is 1. The third-order valence-electron chi connectivity index (χ3n) is 3.66. The summed E-state index contributed by atoms with van der Waals surface area (Å²) in [5.74, 6) is -0.821. The van der Waals surface area contributed by atoms with E-state index in [2.05, 4.69) is 24.1 Å². The quantitative estimate of drug-likeness (QED) is 0.766. The number of aliphatic carboxylic acids is 1. The summed E-state index contributed by atoms with van der Waals surface area (Å²) in [5.41, 5.74) is 2.96. The Labute approximate surface area is 121 Å². The fourth-order valence-corrected chi connectivity index (χ4v) is 2.31. The minimum absolute atomic E-state index is 0.634. The van der Waals surface area contributed by atoms with Crippen LogP contribution in [0.15, 0.2) is 18.2 Å². The second-order valence-electron chi connectivity index (χ2n) is 5.11. The van der Waals surface area contributed by atoms with E-state index in [0.717, 1.165) is 36.3 Å². The Morgan fingerprint density at radius 3 is 2.50 bits per heavy atom. The summed E-state index contributed by atoms with van der Waals surface area (Å²) >= 11 is 0. The van der Waals surface area contributed by atoms with E-state index < -0.39 is 12.0 Å². The second kappa shape index (κ2) is 8.02. The van der Waals surface area contributed by atoms with Gasteiger partial charge in [-0.05, 0) is 38.1 Å². The van der Waals surface area contributed by atoms with Crippen LogP contribution in [0.4, 0.5) is 0 Å². The first-order valence-electron chi connectivity index (χ1n) is 7.25. The molecule has 1 unspecified atom stereocenters. The molecule has 112 valence electrons. The zero-order valence-electron chi connectivity index (χ0n) is 12.9. The lowest BCUT2D eigenvalue weighted by atomic mass is 9.99. The van der Waals surface area contributed by atoms with Gasteiger partial charge in [0.25, 0.3) is 0 Å². The standard InChI is InChI=1S/C16H26N2O2/c1-5-18(6-2)10-9-17-15(16(19)20)14-11-12(3)7-8-13(14)4/h7-8,11,15,17H,5-6,9-10H2,1-4H3,(H,19,20). The second-order valence-corrected chi connectivity index (χ2v) is 5.11. The number of carboxylic acid groups (broad SMARTS) is 1. The number of likely N-dealkylation sites (N-methyl/N-ethyl adjacent to an activating group) is 1. The molecule has 0 saturated carbocycles. The van der Waals surface area contributed by atoms with Crippen molar-refractivity contribution in [3.8, 4) is 0 Å². The highest BCUT2D eigenvalue weighted by Gasteiger charge is 2.21. The maximum absolute atomic E-state index is 11.5. The van der Waals surface area contributed by atoms with Gasteiger partial charge in [-0.3, -0.25) is 10.1 Å². The smallest absolute Gasteiger partial charge is 0.325 e. The van der Waals surface area contributed by atoms with Crippen molar-refractivity contribution in [1.82, 2.24) is 10.2 Å². The van der Waals surface area contributed by atoms with Crippen LogP contribution >= 0.6 is 0 Å². The molecule has 0 aliphatic rings. The number of carbonyl (C=O) groups is 1. The number of hydrogen-bond donors (Lipinski definition) is 2. The van der Waals surface area contributed by atoms with E-state index in [1.54, 1.807) is 0 Å². The molecule has 1 rings (SSSR count). The molecule has 0 spiro atoms. The fourth-order valence-electron chi connectivity index (χ4n) is 2.31. The van der Waals surface area contributed by atoms with Gasteiger partial charge in [0.1, 0.15) is 6.04 Å². The molecule has 0 saturated heterocycles. The summed E-state index contributed by atoms with van der Waals surface area (Å²) in [6.45, 7) is 11.7. The van der Waals surface area contributed by atoms with E-state index in [4.69, 9.17) is 0 Å². The Balaban J connectivity index is 2.75. The molecule has 1 atom stereocenters. The lowest BCUT2D eigenvalue weighted by Gasteiger charge is -2.21. The van der Waals surface area contributed by atoms with Crippen LogP contribution < -0.4 is 5.32 Å². The third kappa shape index (κ3) is 4.62. The maximum atomic E-state index is 11.5. The summed E-state index contributed by atoms with van der Waals surface area (Å²) in [7, 11) is 0. The lowest BCUT2D eigenvalue weighted by Crippen LogP contribution is -2.36. The predicted molar refractivity (Wildman–Crippen MR) is 82.1 cm³/mol. The van der Waals surface area contributed by atoms with Crippen molar-refractivity contribution < 1.29 is 9.90 Å². The zero-order chi connectivity index (χ0) is 15.1. The number of nitrogens with zero attached hydrogens (tertiary/aromatic N) is 1. The Morgan fingerprint density at radius 2 is 1.95 bits per heavy atom. The van der Waals surface area contributed by atoms with Crippen molar-refractivity contribution in [3.05, 3.63) is 34.9 Å². The Kier molecular flexibility index (Phi) is 6.68. The number of hydrogen-bond acceptors (Lipinski definition) is 3. The highest BCUT2D eigenvalue weighted by Crippen LogP contribution is 2.19. The Morgan fingerprint density at radius 1 is 1.30 bits per heavy atom. The number of benzene rings is 1. The molecule has 2 N–H and O–H groups in total. The van der Waals surface area contributed by atoms with Crippen molar-refractivity contribution >= 4 is 5.97 Å². The number of carboxylic acids is 1. The van der Waals surface area contributed by atoms with Crippen LogP contribution in [0, 0.1) is 13.8 Å². The highest BCUT2D eigenvalue weighted by atomic mass is 16.4. The Hall–Kier alpha value is -1.39. The fraction of sp³-hybridized carbons (Fsp3) is 0.562. The molecule has 1 aromatic rings. The summed E-state index contributed by atoms with van der Waals surface area (Å²) in [4.78, 5) is 13.8. The molecule has 4 heteroatoms. The van der Waals surface area contributed by atoms with E-state index in [-0.39, 0.29) is 0 Å². The summed E-state index contributed by atoms with van der Waals surface area (Å²) in [5, 5.41) is 12.6. The van der Waals surface area contributed by atoms with Crippen LogP contribution in [0.1, 0.15) is 36.6 Å². The van der Waals surface area contributed by atoms with Gasteiger partial charge in [0.05, 0.1) is 0 Å². The van der Waals surface area contributed by atoms with Gasteiger partial charge in [-0.2, -0.15) is 0 Å². The van der Waals surface area contributed by atoms with Crippen LogP contribution in [0.3, 0.4) is 0 Å². The van der Waals surface area contributed by atoms with E-state index in [1.807, 2.05) is 32.0 Å². The van der Waals surface area contributed by atoms with Gasteiger partial charge < -0.3 is 10.0 Å². The van der Waals surface area contributed by atoms with Crippen molar-refractivity contribution in [3.63, 3.8) is 0 Å². The molecule has 0 aliphatic heterocycles. The molecule has 0 aliphatic carbocycles. The molecular weight excluding hydrogens is 252 g/mol. The zero-order valence-corrected chi connectivity index (χ0v) is 12.9. The summed E-state index contributed by atoms with van der Waals surface area (Å²) < 4.78 is 0. The minimum atomic E-state index is -0.821. The van der Waals surface area contributed by atoms with Gasteiger partial charge in [-0.25, -0.2) is 0 Å². The number of rotatable bonds is 8. The van der Waals surface area contributed by atoms with Crippen LogP contribution in [-0.4, -0.2) is 42.2 Å². The summed E-state index contributed by atoms with van der Waals surface area (Å²) in [6.07, 6.45) is 0. The maximum Gasteiger partial charge on any atom is 0.325 e. The highest BCUT2D eigenvalue weighted by molar-refractivity contribution is 5.76. The molecule has 0 bridgehead atoms. The molecule has 0 amide bonds. The van der Waals surface area contributed by atoms with E-state index in [1.165, 1.54) is 0 Å². The van der Waals surface area contributed by atoms with Crippen molar-refractivity contribution in [1.29, 1.82) is 0 Å². The molecule has 0 fully saturated rings. The molecular formula is C16H26N2O2. The van der Waals surface area contributed by atoms with Gasteiger partial charge in [0.15, 0.2) is 0 Å². The predicted octanol–water partition coefficient (Wildman–Crippen LogP) is 2.36. The van der Waals surface area contributed by atoms with E-state index in [0.29, 0.717) is 6.54 Å². The largest absolute Gasteiger partial charge is 0.480 e. The molecule has 0 heterocycles. The van der Waals surface area contributed by atoms with Gasteiger partial charge in [0.2, 0.25) is 0 Å². The Bertz CT molecular complexity index is 442. The van der Waals surface area contributed by atoms with Crippen LogP contribution in [-0.2, 0) is 4.79 Å². The molecule has 1 aromatic carbocycles. The molecule has 4 nitrogen and oxygen atoms in total. The van der Waals surface area contributed by atoms with Gasteiger partial charge in [-0.15, -0.1) is 0 Å². The SMILES string of the molecule is CCN(CC)CCNC(C(=O)O)c1cc(C)ccc1C. The lowest BCUT2D eigenvalue weighted by molar-refractivity contribution is -0.139. The third-order valence-corrected chi connectivity index (χ3v) is 3.66. The first-order chi connectivity index (χ1) is 9.49. The summed E-state index contributed by atoms with van der Waals surface area (Å²) in [6, 6.07) is 5.31. The van der Waals surface area contributed by atoms with Crippen molar-refractivity contribution in [2.24, 2.45) is 0 Å². The first-order valence-corrected chi connectivity index (χ1v) is 7.25. The monoisotopic (exact) mass is 278 g/mol. The van der Waals surface area contributed by atoms with E-state index >= 15 is 0 Å². The number of aryl methyl sites for hydroxylation is 2. The molecule has 0 radical (unpaired) electrons. The minimum Gasteiger partial charge on any atom is -0.480 e. The van der Waals surface area contributed by atoms with E-state index in [9.17, 15) is 9.90 Å². The topological polar surface area (TPSA) is 52.6 Å². The van der Waals surface area contributed by atoms with Gasteiger partial charge in [-0.1, -0.05) is 37.6 Å². The van der Waals surface area contributed by atoms with Gasteiger partial charge in [0, 0.05) is 13.1 Å². The average Bonchev–Trinajstić information content (AvgIpc) is 2.42. The normalized spacial score (nSPS) is 12.7. The molecule has 0 aromatic heterocycles.